The summed E-state index contributed by atoms with van der Waals surface area (Å²) in [5.41, 5.74) is 0.218. The molecular weight excluding hydrogens is 355 g/mol. The van der Waals surface area contributed by atoms with Crippen LogP contribution >= 0.6 is 0 Å². The Morgan fingerprint density at radius 2 is 1.85 bits per heavy atom. The molecule has 0 aliphatic heterocycles. The number of anilines is 1. The van der Waals surface area contributed by atoms with Crippen molar-refractivity contribution in [3.05, 3.63) is 90.3 Å². The summed E-state index contributed by atoms with van der Waals surface area (Å²) in [6.07, 6.45) is -0.613. The van der Waals surface area contributed by atoms with E-state index in [0.717, 1.165) is 5.56 Å². The molecule has 138 valence electrons. The molecule has 1 amide bonds. The Balaban J connectivity index is 1.78. The van der Waals surface area contributed by atoms with Crippen LogP contribution in [0.3, 0.4) is 0 Å². The van der Waals surface area contributed by atoms with Gasteiger partial charge in [0.05, 0.1) is 12.1 Å². The number of amides is 1. The largest absolute Gasteiger partial charge is 0.417 e. The zero-order valence-corrected chi connectivity index (χ0v) is 14.1. The van der Waals surface area contributed by atoms with E-state index in [1.165, 1.54) is 24.3 Å². The average molecular weight is 371 g/mol. The van der Waals surface area contributed by atoms with Gasteiger partial charge in [0.25, 0.3) is 0 Å². The third kappa shape index (κ3) is 5.07. The number of carbonyl (C=O) groups is 1. The number of aromatic nitrogens is 2. The lowest BCUT2D eigenvalue weighted by molar-refractivity contribution is -0.112. The molecule has 7 heteroatoms. The molecule has 0 fully saturated rings. The van der Waals surface area contributed by atoms with Gasteiger partial charge in [-0.15, -0.1) is 0 Å². The maximum absolute atomic E-state index is 13.3. The van der Waals surface area contributed by atoms with E-state index in [9.17, 15) is 18.0 Å². The molecule has 27 heavy (non-hydrogen) atoms. The smallest absolute Gasteiger partial charge is 0.322 e. The normalized spacial score (nSPS) is 12.0. The van der Waals surface area contributed by atoms with Crippen molar-refractivity contribution in [1.82, 2.24) is 9.78 Å². The summed E-state index contributed by atoms with van der Waals surface area (Å²) in [7, 11) is 0. The van der Waals surface area contributed by atoms with Gasteiger partial charge >= 0.3 is 6.18 Å². The highest BCUT2D eigenvalue weighted by molar-refractivity contribution is 6.04. The second-order valence-corrected chi connectivity index (χ2v) is 5.82. The van der Waals surface area contributed by atoms with Gasteiger partial charge in [0.1, 0.15) is 0 Å². The first kappa shape index (κ1) is 18.4. The number of hydrogen-bond donors (Lipinski definition) is 1. The highest BCUT2D eigenvalue weighted by Crippen LogP contribution is 2.33. The molecule has 0 atom stereocenters. The van der Waals surface area contributed by atoms with Crippen LogP contribution in [-0.2, 0) is 11.3 Å². The van der Waals surface area contributed by atoms with Crippen molar-refractivity contribution in [2.75, 3.05) is 5.32 Å². The number of rotatable bonds is 5. The summed E-state index contributed by atoms with van der Waals surface area (Å²) >= 11 is 0. The molecule has 4 nitrogen and oxygen atoms in total. The molecule has 3 rings (SSSR count). The second kappa shape index (κ2) is 7.90. The van der Waals surface area contributed by atoms with Crippen LogP contribution in [0.1, 0.15) is 11.1 Å². The molecule has 0 radical (unpaired) electrons. The molecule has 1 aromatic heterocycles. The van der Waals surface area contributed by atoms with Crippen molar-refractivity contribution >= 4 is 17.2 Å². The average Bonchev–Trinajstić information content (AvgIpc) is 3.13. The molecule has 0 aliphatic carbocycles. The Hall–Kier alpha value is -3.35. The van der Waals surface area contributed by atoms with Crippen LogP contribution in [0, 0.1) is 0 Å². The number of carbonyl (C=O) groups excluding carboxylic acids is 1. The van der Waals surface area contributed by atoms with Gasteiger partial charge in [-0.1, -0.05) is 42.5 Å². The Bertz CT molecular complexity index is 933. The first-order chi connectivity index (χ1) is 12.9. The lowest BCUT2D eigenvalue weighted by Crippen LogP contribution is -2.16. The number of nitrogens with zero attached hydrogens (tertiary/aromatic N) is 2. The summed E-state index contributed by atoms with van der Waals surface area (Å²) in [6, 6.07) is 15.9. The SMILES string of the molecule is O=C(/C=C(\c1ccccc1)C(F)(F)F)Nc1cccc(Cn2cccn2)c1. The van der Waals surface area contributed by atoms with E-state index in [2.05, 4.69) is 10.4 Å². The van der Waals surface area contributed by atoms with Crippen LogP contribution in [0.2, 0.25) is 0 Å². The minimum absolute atomic E-state index is 0.0624. The van der Waals surface area contributed by atoms with E-state index in [1.807, 2.05) is 6.07 Å². The molecule has 1 heterocycles. The van der Waals surface area contributed by atoms with Gasteiger partial charge in [0.15, 0.2) is 0 Å². The van der Waals surface area contributed by atoms with Crippen molar-refractivity contribution < 1.29 is 18.0 Å². The van der Waals surface area contributed by atoms with Gasteiger partial charge in [-0.3, -0.25) is 9.48 Å². The summed E-state index contributed by atoms with van der Waals surface area (Å²) in [6.45, 7) is 0.490. The topological polar surface area (TPSA) is 46.9 Å². The van der Waals surface area contributed by atoms with Gasteiger partial charge in [-0.25, -0.2) is 0 Å². The van der Waals surface area contributed by atoms with Gasteiger partial charge in [-0.2, -0.15) is 18.3 Å². The van der Waals surface area contributed by atoms with Crippen LogP contribution in [0.25, 0.3) is 5.57 Å². The predicted molar refractivity (Wildman–Crippen MR) is 96.9 cm³/mol. The Labute approximate surface area is 153 Å². The van der Waals surface area contributed by atoms with E-state index >= 15 is 0 Å². The fourth-order valence-corrected chi connectivity index (χ4v) is 2.58. The van der Waals surface area contributed by atoms with E-state index in [-0.39, 0.29) is 5.56 Å². The lowest BCUT2D eigenvalue weighted by atomic mass is 10.1. The van der Waals surface area contributed by atoms with Gasteiger partial charge in [0, 0.05) is 24.2 Å². The number of halogens is 3. The predicted octanol–water partition coefficient (Wildman–Crippen LogP) is 4.52. The number of benzene rings is 2. The van der Waals surface area contributed by atoms with Crippen molar-refractivity contribution in [3.8, 4) is 0 Å². The van der Waals surface area contributed by atoms with Gasteiger partial charge in [-0.05, 0) is 29.3 Å². The molecule has 3 aromatic rings. The summed E-state index contributed by atoms with van der Waals surface area (Å²) in [5.74, 6) is -0.845. The highest BCUT2D eigenvalue weighted by Gasteiger charge is 2.35. The molecule has 2 aromatic carbocycles. The fraction of sp³-hybridized carbons (Fsp3) is 0.100. The zero-order chi connectivity index (χ0) is 19.3. The van der Waals surface area contributed by atoms with Crippen molar-refractivity contribution in [2.45, 2.75) is 12.7 Å². The number of hydrogen-bond acceptors (Lipinski definition) is 2. The van der Waals surface area contributed by atoms with Gasteiger partial charge in [0.2, 0.25) is 5.91 Å². The Morgan fingerprint density at radius 3 is 2.52 bits per heavy atom. The third-order valence-electron chi connectivity index (χ3n) is 3.76. The molecule has 0 spiro atoms. The number of allylic oxidation sites excluding steroid dienone is 1. The minimum Gasteiger partial charge on any atom is -0.322 e. The van der Waals surface area contributed by atoms with Gasteiger partial charge < -0.3 is 5.32 Å². The first-order valence-corrected chi connectivity index (χ1v) is 8.13. The van der Waals surface area contributed by atoms with Crippen LogP contribution < -0.4 is 5.32 Å². The van der Waals surface area contributed by atoms with Crippen molar-refractivity contribution in [2.24, 2.45) is 0 Å². The zero-order valence-electron chi connectivity index (χ0n) is 14.1. The van der Waals surface area contributed by atoms with Crippen LogP contribution in [-0.4, -0.2) is 21.9 Å². The second-order valence-electron chi connectivity index (χ2n) is 5.82. The standard InChI is InChI=1S/C20H16F3N3O/c21-20(22,23)18(16-7-2-1-3-8-16)13-19(27)25-17-9-4-6-15(12-17)14-26-11-5-10-24-26/h1-13H,14H2,(H,25,27)/b18-13+. The molecular formula is C20H16F3N3O. The summed E-state index contributed by atoms with van der Waals surface area (Å²) in [5, 5.41) is 6.59. The molecule has 0 saturated carbocycles. The molecule has 1 N–H and O–H groups in total. The van der Waals surface area contributed by atoms with Crippen molar-refractivity contribution in [1.29, 1.82) is 0 Å². The molecule has 0 unspecified atom stereocenters. The van der Waals surface area contributed by atoms with E-state index < -0.39 is 17.7 Å². The summed E-state index contributed by atoms with van der Waals surface area (Å²) in [4.78, 5) is 12.2. The Kier molecular flexibility index (Phi) is 5.40. The van der Waals surface area contributed by atoms with E-state index in [0.29, 0.717) is 18.3 Å². The van der Waals surface area contributed by atoms with E-state index in [4.69, 9.17) is 0 Å². The highest BCUT2D eigenvalue weighted by atomic mass is 19.4. The quantitative estimate of drug-likeness (QED) is 0.671. The summed E-state index contributed by atoms with van der Waals surface area (Å²) < 4.78 is 41.7. The first-order valence-electron chi connectivity index (χ1n) is 8.13. The fourth-order valence-electron chi connectivity index (χ4n) is 2.58. The van der Waals surface area contributed by atoms with Crippen LogP contribution in [0.5, 0.6) is 0 Å². The van der Waals surface area contributed by atoms with Crippen LogP contribution in [0.4, 0.5) is 18.9 Å². The van der Waals surface area contributed by atoms with E-state index in [1.54, 1.807) is 47.4 Å². The monoisotopic (exact) mass is 371 g/mol. The Morgan fingerprint density at radius 1 is 1.07 bits per heavy atom. The minimum atomic E-state index is -4.64. The van der Waals surface area contributed by atoms with Crippen LogP contribution in [0.15, 0.2) is 79.1 Å². The number of alkyl halides is 3. The lowest BCUT2D eigenvalue weighted by Gasteiger charge is -2.12. The molecule has 0 saturated heterocycles. The maximum atomic E-state index is 13.3. The maximum Gasteiger partial charge on any atom is 0.417 e. The third-order valence-corrected chi connectivity index (χ3v) is 3.76. The molecule has 0 bridgehead atoms. The van der Waals surface area contributed by atoms with Crippen molar-refractivity contribution in [3.63, 3.8) is 0 Å². The number of nitrogens with one attached hydrogen (secondary N) is 1. The molecule has 0 aliphatic rings.